The van der Waals surface area contributed by atoms with Crippen LogP contribution in [0.3, 0.4) is 0 Å². The van der Waals surface area contributed by atoms with Crippen LogP contribution in [-0.4, -0.2) is 35.6 Å². The van der Waals surface area contributed by atoms with Crippen LogP contribution in [0.15, 0.2) is 35.9 Å². The van der Waals surface area contributed by atoms with E-state index in [1.807, 2.05) is 13.8 Å². The van der Waals surface area contributed by atoms with Crippen LogP contribution in [0.5, 0.6) is 0 Å². The molecule has 0 aliphatic heterocycles. The lowest BCUT2D eigenvalue weighted by Gasteiger charge is -2.18. The predicted octanol–water partition coefficient (Wildman–Crippen LogP) is 2.64. The first-order chi connectivity index (χ1) is 10.4. The molecule has 0 aromatic heterocycles. The van der Waals surface area contributed by atoms with E-state index in [2.05, 4.69) is 5.32 Å². The number of likely N-dealkylation sites (N-methyl/N-ethyl adjacent to an activating group) is 1. The van der Waals surface area contributed by atoms with Crippen molar-refractivity contribution in [1.82, 2.24) is 4.90 Å². The molecular formula is C17H22N2O3. The van der Waals surface area contributed by atoms with Gasteiger partial charge in [0.05, 0.1) is 0 Å². The highest BCUT2D eigenvalue weighted by atomic mass is 16.2. The number of nitrogens with zero attached hydrogens (tertiary/aromatic N) is 1. The summed E-state index contributed by atoms with van der Waals surface area (Å²) in [7, 11) is 0. The molecule has 0 unspecified atom stereocenters. The third kappa shape index (κ3) is 4.84. The normalized spacial score (nSPS) is 11.0. The average molecular weight is 302 g/mol. The first-order valence-electron chi connectivity index (χ1n) is 7.28. The van der Waals surface area contributed by atoms with E-state index < -0.39 is 0 Å². The molecule has 5 heteroatoms. The summed E-state index contributed by atoms with van der Waals surface area (Å²) in [6, 6.07) is 6.61. The molecule has 118 valence electrons. The second-order valence-corrected chi connectivity index (χ2v) is 4.93. The number of Topliss-reactive ketones (excluding diaryl/α,β-unsaturated/α-hetero) is 1. The Kier molecular flexibility index (Phi) is 6.50. The summed E-state index contributed by atoms with van der Waals surface area (Å²) in [6.07, 6.45) is 1.29. The van der Waals surface area contributed by atoms with Crippen molar-refractivity contribution in [3.05, 3.63) is 41.5 Å². The van der Waals surface area contributed by atoms with Crippen molar-refractivity contribution in [3.63, 3.8) is 0 Å². The van der Waals surface area contributed by atoms with Crippen molar-refractivity contribution in [2.24, 2.45) is 0 Å². The molecular weight excluding hydrogens is 280 g/mol. The van der Waals surface area contributed by atoms with E-state index in [1.54, 1.807) is 36.1 Å². The lowest BCUT2D eigenvalue weighted by molar-refractivity contribution is -0.127. The Bertz CT molecular complexity index is 584. The quantitative estimate of drug-likeness (QED) is 0.649. The number of carbonyl (C=O) groups excluding carboxylic acids is 3. The molecule has 22 heavy (non-hydrogen) atoms. The van der Waals surface area contributed by atoms with Crippen molar-refractivity contribution in [2.45, 2.75) is 27.7 Å². The maximum absolute atomic E-state index is 12.1. The van der Waals surface area contributed by atoms with Gasteiger partial charge in [-0.1, -0.05) is 0 Å². The fourth-order valence-electron chi connectivity index (χ4n) is 1.99. The lowest BCUT2D eigenvalue weighted by atomic mass is 10.1. The minimum absolute atomic E-state index is 0.0292. The molecule has 0 spiro atoms. The molecule has 0 saturated heterocycles. The van der Waals surface area contributed by atoms with E-state index in [9.17, 15) is 14.4 Å². The summed E-state index contributed by atoms with van der Waals surface area (Å²) < 4.78 is 0. The van der Waals surface area contributed by atoms with Gasteiger partial charge in [-0.15, -0.1) is 0 Å². The highest BCUT2D eigenvalue weighted by molar-refractivity contribution is 6.06. The van der Waals surface area contributed by atoms with E-state index in [1.165, 1.54) is 13.0 Å². The first kappa shape index (κ1) is 17.6. The Balaban J connectivity index is 2.74. The minimum Gasteiger partial charge on any atom is -0.339 e. The van der Waals surface area contributed by atoms with Crippen LogP contribution in [0.1, 0.15) is 38.1 Å². The number of rotatable bonds is 6. The first-order valence-corrected chi connectivity index (χ1v) is 7.28. The van der Waals surface area contributed by atoms with E-state index in [4.69, 9.17) is 0 Å². The van der Waals surface area contributed by atoms with Gasteiger partial charge < -0.3 is 10.2 Å². The van der Waals surface area contributed by atoms with Crippen LogP contribution in [0, 0.1) is 0 Å². The average Bonchev–Trinajstić information content (AvgIpc) is 2.48. The molecule has 0 aliphatic carbocycles. The van der Waals surface area contributed by atoms with Gasteiger partial charge in [0.15, 0.2) is 5.78 Å². The highest BCUT2D eigenvalue weighted by Crippen LogP contribution is 2.10. The van der Waals surface area contributed by atoms with Crippen molar-refractivity contribution < 1.29 is 14.4 Å². The maximum atomic E-state index is 12.1. The molecule has 0 saturated carbocycles. The molecule has 1 aromatic carbocycles. The largest absolute Gasteiger partial charge is 0.339 e. The van der Waals surface area contributed by atoms with Crippen LogP contribution in [0.2, 0.25) is 0 Å². The van der Waals surface area contributed by atoms with E-state index in [0.717, 1.165) is 0 Å². The molecule has 1 aromatic rings. The molecule has 0 aliphatic rings. The molecule has 0 fully saturated rings. The van der Waals surface area contributed by atoms with Gasteiger partial charge in [-0.2, -0.15) is 0 Å². The van der Waals surface area contributed by atoms with Crippen LogP contribution in [0.25, 0.3) is 0 Å². The zero-order chi connectivity index (χ0) is 16.7. The Morgan fingerprint density at radius 3 is 2.05 bits per heavy atom. The van der Waals surface area contributed by atoms with Crippen molar-refractivity contribution in [3.8, 4) is 0 Å². The van der Waals surface area contributed by atoms with E-state index >= 15 is 0 Å². The van der Waals surface area contributed by atoms with Gasteiger partial charge in [-0.25, -0.2) is 0 Å². The highest BCUT2D eigenvalue weighted by Gasteiger charge is 2.12. The molecule has 1 N–H and O–H groups in total. The summed E-state index contributed by atoms with van der Waals surface area (Å²) in [6.45, 7) is 8.11. The topological polar surface area (TPSA) is 66.5 Å². The van der Waals surface area contributed by atoms with Gasteiger partial charge in [0, 0.05) is 36.0 Å². The van der Waals surface area contributed by atoms with Gasteiger partial charge in [0.2, 0.25) is 11.8 Å². The zero-order valence-corrected chi connectivity index (χ0v) is 13.5. The van der Waals surface area contributed by atoms with Crippen molar-refractivity contribution >= 4 is 23.3 Å². The minimum atomic E-state index is -0.367. The summed E-state index contributed by atoms with van der Waals surface area (Å²) in [5.41, 5.74) is 1.55. The number of nitrogens with one attached hydrogen (secondary N) is 1. The number of hydrogen-bond acceptors (Lipinski definition) is 3. The SMILES string of the molecule is CCN(CC)C(=O)/C(C)=C\C(=O)Nc1ccc(C(C)=O)cc1. The Morgan fingerprint density at radius 1 is 1.05 bits per heavy atom. The number of amides is 2. The fourth-order valence-corrected chi connectivity index (χ4v) is 1.99. The molecule has 0 radical (unpaired) electrons. The lowest BCUT2D eigenvalue weighted by Crippen LogP contribution is -2.31. The van der Waals surface area contributed by atoms with Gasteiger partial charge in [-0.3, -0.25) is 14.4 Å². The summed E-state index contributed by atoms with van der Waals surface area (Å²) in [5.74, 6) is -0.543. The van der Waals surface area contributed by atoms with Crippen LogP contribution < -0.4 is 5.32 Å². The summed E-state index contributed by atoms with van der Waals surface area (Å²) in [4.78, 5) is 36.8. The smallest absolute Gasteiger partial charge is 0.249 e. The monoisotopic (exact) mass is 302 g/mol. The third-order valence-corrected chi connectivity index (χ3v) is 3.29. The summed E-state index contributed by atoms with van der Waals surface area (Å²) in [5, 5.41) is 2.67. The molecule has 0 atom stereocenters. The maximum Gasteiger partial charge on any atom is 0.249 e. The van der Waals surface area contributed by atoms with Crippen LogP contribution >= 0.6 is 0 Å². The van der Waals surface area contributed by atoms with Gasteiger partial charge in [0.25, 0.3) is 0 Å². The number of carbonyl (C=O) groups is 3. The summed E-state index contributed by atoms with van der Waals surface area (Å²) >= 11 is 0. The second kappa shape index (κ2) is 8.12. The Morgan fingerprint density at radius 2 is 1.59 bits per heavy atom. The van der Waals surface area contributed by atoms with Gasteiger partial charge in [0.1, 0.15) is 0 Å². The molecule has 0 bridgehead atoms. The zero-order valence-electron chi connectivity index (χ0n) is 13.5. The van der Waals surface area contributed by atoms with Crippen molar-refractivity contribution in [1.29, 1.82) is 0 Å². The predicted molar refractivity (Wildman–Crippen MR) is 86.8 cm³/mol. The molecule has 0 heterocycles. The number of ketones is 1. The third-order valence-electron chi connectivity index (χ3n) is 3.29. The Labute approximate surface area is 131 Å². The number of hydrogen-bond donors (Lipinski definition) is 1. The van der Waals surface area contributed by atoms with Crippen molar-refractivity contribution in [2.75, 3.05) is 18.4 Å². The van der Waals surface area contributed by atoms with Crippen LogP contribution in [-0.2, 0) is 9.59 Å². The van der Waals surface area contributed by atoms with Gasteiger partial charge >= 0.3 is 0 Å². The number of benzene rings is 1. The molecule has 5 nitrogen and oxygen atoms in total. The van der Waals surface area contributed by atoms with E-state index in [-0.39, 0.29) is 17.6 Å². The fraction of sp³-hybridized carbons (Fsp3) is 0.353. The van der Waals surface area contributed by atoms with E-state index in [0.29, 0.717) is 29.9 Å². The Hall–Kier alpha value is -2.43. The molecule has 2 amide bonds. The second-order valence-electron chi connectivity index (χ2n) is 4.93. The number of anilines is 1. The van der Waals surface area contributed by atoms with Gasteiger partial charge in [-0.05, 0) is 52.0 Å². The standard InChI is InChI=1S/C17H22N2O3/c1-5-19(6-2)17(22)12(3)11-16(21)18-15-9-7-14(8-10-15)13(4)20/h7-11H,5-6H2,1-4H3,(H,18,21)/b12-11-. The van der Waals surface area contributed by atoms with Crippen LogP contribution in [0.4, 0.5) is 5.69 Å². The molecule has 1 rings (SSSR count).